The van der Waals surface area contributed by atoms with E-state index in [-0.39, 0.29) is 5.02 Å². The molecule has 1 aliphatic rings. The number of nitrogens with two attached hydrogens (primary N) is 1. The van der Waals surface area contributed by atoms with Crippen LogP contribution in [-0.4, -0.2) is 9.55 Å². The van der Waals surface area contributed by atoms with Crippen molar-refractivity contribution in [3.8, 4) is 0 Å². The Hall–Kier alpha value is -1.29. The summed E-state index contributed by atoms with van der Waals surface area (Å²) in [4.78, 5) is 4.30. The van der Waals surface area contributed by atoms with Crippen LogP contribution in [0.5, 0.6) is 0 Å². The van der Waals surface area contributed by atoms with Crippen LogP contribution in [-0.2, 0) is 0 Å². The zero-order valence-corrected chi connectivity index (χ0v) is 11.6. The Morgan fingerprint density at radius 1 is 1.42 bits per heavy atom. The van der Waals surface area contributed by atoms with E-state index in [9.17, 15) is 4.39 Å². The van der Waals surface area contributed by atoms with Crippen LogP contribution in [0.1, 0.15) is 38.6 Å². The molecule has 19 heavy (non-hydrogen) atoms. The van der Waals surface area contributed by atoms with Gasteiger partial charge in [-0.05, 0) is 24.8 Å². The molecule has 0 bridgehead atoms. The number of halogens is 2. The fraction of sp³-hybridized carbons (Fsp3) is 0.500. The van der Waals surface area contributed by atoms with E-state index in [0.717, 1.165) is 18.4 Å². The van der Waals surface area contributed by atoms with Crippen molar-refractivity contribution in [1.82, 2.24) is 9.55 Å². The van der Waals surface area contributed by atoms with E-state index in [2.05, 4.69) is 11.9 Å². The number of aromatic nitrogens is 2. The van der Waals surface area contributed by atoms with Crippen molar-refractivity contribution in [1.29, 1.82) is 0 Å². The Labute approximate surface area is 116 Å². The second-order valence-electron chi connectivity index (χ2n) is 5.52. The molecule has 1 aliphatic carbocycles. The van der Waals surface area contributed by atoms with E-state index < -0.39 is 5.82 Å². The van der Waals surface area contributed by atoms with Crippen LogP contribution in [0.3, 0.4) is 0 Å². The lowest BCUT2D eigenvalue weighted by molar-refractivity contribution is 0.289. The largest absolute Gasteiger partial charge is 0.369 e. The monoisotopic (exact) mass is 281 g/mol. The van der Waals surface area contributed by atoms with Gasteiger partial charge < -0.3 is 10.3 Å². The normalized spacial score (nSPS) is 23.9. The summed E-state index contributed by atoms with van der Waals surface area (Å²) < 4.78 is 15.6. The summed E-state index contributed by atoms with van der Waals surface area (Å²) in [6.07, 6.45) is 4.58. The zero-order valence-electron chi connectivity index (χ0n) is 10.9. The lowest BCUT2D eigenvalue weighted by Crippen LogP contribution is -2.19. The first-order chi connectivity index (χ1) is 9.06. The van der Waals surface area contributed by atoms with E-state index in [1.165, 1.54) is 18.9 Å². The lowest BCUT2D eigenvalue weighted by Gasteiger charge is -2.28. The number of nitrogen functional groups attached to an aromatic ring is 1. The van der Waals surface area contributed by atoms with Crippen molar-refractivity contribution < 1.29 is 4.39 Å². The molecule has 1 aromatic heterocycles. The molecule has 102 valence electrons. The fourth-order valence-corrected chi connectivity index (χ4v) is 3.29. The van der Waals surface area contributed by atoms with E-state index in [4.69, 9.17) is 17.3 Å². The third-order valence-electron chi connectivity index (χ3n) is 4.03. The number of fused-ring (bicyclic) bond motifs is 1. The maximum atomic E-state index is 13.7. The lowest BCUT2D eigenvalue weighted by atomic mass is 9.87. The first kappa shape index (κ1) is 12.7. The van der Waals surface area contributed by atoms with Crippen LogP contribution in [0.4, 0.5) is 10.3 Å². The fourth-order valence-electron chi connectivity index (χ4n) is 3.13. The van der Waals surface area contributed by atoms with Crippen LogP contribution in [0.15, 0.2) is 12.1 Å². The standard InChI is InChI=1S/C14H17ClFN3/c1-8-3-2-4-9(5-8)19-13-7-11(16)10(15)6-12(13)18-14(19)17/h6-9H,2-5H2,1H3,(H2,17,18). The Morgan fingerprint density at radius 3 is 2.95 bits per heavy atom. The highest BCUT2D eigenvalue weighted by Crippen LogP contribution is 2.36. The highest BCUT2D eigenvalue weighted by atomic mass is 35.5. The van der Waals surface area contributed by atoms with Crippen molar-refractivity contribution in [2.24, 2.45) is 5.92 Å². The number of nitrogens with zero attached hydrogens (tertiary/aromatic N) is 2. The summed E-state index contributed by atoms with van der Waals surface area (Å²) in [5.74, 6) is 0.711. The van der Waals surface area contributed by atoms with Gasteiger partial charge in [-0.1, -0.05) is 31.4 Å². The first-order valence-electron chi connectivity index (χ1n) is 6.68. The number of imidazole rings is 1. The predicted octanol–water partition coefficient (Wildman–Crippen LogP) is 4.16. The molecular weight excluding hydrogens is 265 g/mol. The third-order valence-corrected chi connectivity index (χ3v) is 4.32. The van der Waals surface area contributed by atoms with Crippen LogP contribution >= 0.6 is 11.6 Å². The quantitative estimate of drug-likeness (QED) is 0.853. The SMILES string of the molecule is CC1CCCC(n2c(N)nc3cc(Cl)c(F)cc32)C1. The molecule has 3 nitrogen and oxygen atoms in total. The zero-order chi connectivity index (χ0) is 13.6. The first-order valence-corrected chi connectivity index (χ1v) is 7.06. The summed E-state index contributed by atoms with van der Waals surface area (Å²) in [5, 5.41) is 0.0918. The molecule has 0 radical (unpaired) electrons. The van der Waals surface area contributed by atoms with Gasteiger partial charge in [0, 0.05) is 12.1 Å². The van der Waals surface area contributed by atoms with Gasteiger partial charge in [-0.15, -0.1) is 0 Å². The van der Waals surface area contributed by atoms with E-state index in [1.807, 2.05) is 4.57 Å². The van der Waals surface area contributed by atoms with Gasteiger partial charge in [0.25, 0.3) is 0 Å². The van der Waals surface area contributed by atoms with Crippen molar-refractivity contribution >= 4 is 28.6 Å². The number of anilines is 1. The highest BCUT2D eigenvalue weighted by Gasteiger charge is 2.24. The Kier molecular flexibility index (Phi) is 3.13. The van der Waals surface area contributed by atoms with Crippen molar-refractivity contribution in [3.05, 3.63) is 23.0 Å². The molecule has 5 heteroatoms. The molecule has 2 N–H and O–H groups in total. The Bertz CT molecular complexity index is 623. The van der Waals surface area contributed by atoms with Gasteiger partial charge >= 0.3 is 0 Å². The average Bonchev–Trinajstić information content (AvgIpc) is 2.65. The van der Waals surface area contributed by atoms with Crippen molar-refractivity contribution in [3.63, 3.8) is 0 Å². The van der Waals surface area contributed by atoms with Gasteiger partial charge in [-0.25, -0.2) is 9.37 Å². The van der Waals surface area contributed by atoms with Gasteiger partial charge in [0.1, 0.15) is 5.82 Å². The van der Waals surface area contributed by atoms with Crippen LogP contribution < -0.4 is 5.73 Å². The minimum absolute atomic E-state index is 0.0918. The molecule has 0 spiro atoms. The summed E-state index contributed by atoms with van der Waals surface area (Å²) in [5.41, 5.74) is 7.43. The number of hydrogen-bond donors (Lipinski definition) is 1. The third kappa shape index (κ3) is 2.18. The predicted molar refractivity (Wildman–Crippen MR) is 75.8 cm³/mol. The molecular formula is C14H17ClFN3. The second-order valence-corrected chi connectivity index (χ2v) is 5.93. The topological polar surface area (TPSA) is 43.8 Å². The molecule has 0 saturated heterocycles. The molecule has 2 unspecified atom stereocenters. The molecule has 1 aromatic carbocycles. The van der Waals surface area contributed by atoms with Gasteiger partial charge in [-0.3, -0.25) is 0 Å². The molecule has 0 aliphatic heterocycles. The average molecular weight is 282 g/mol. The van der Waals surface area contributed by atoms with Crippen LogP contribution in [0.25, 0.3) is 11.0 Å². The molecule has 3 rings (SSSR count). The number of benzene rings is 1. The summed E-state index contributed by atoms with van der Waals surface area (Å²) >= 11 is 5.79. The molecule has 1 saturated carbocycles. The van der Waals surface area contributed by atoms with Crippen LogP contribution in [0, 0.1) is 11.7 Å². The minimum Gasteiger partial charge on any atom is -0.369 e. The number of rotatable bonds is 1. The number of hydrogen-bond acceptors (Lipinski definition) is 2. The highest BCUT2D eigenvalue weighted by molar-refractivity contribution is 6.31. The molecule has 2 atom stereocenters. The minimum atomic E-state index is -0.417. The van der Waals surface area contributed by atoms with Gasteiger partial charge in [0.05, 0.1) is 16.1 Å². The molecule has 2 aromatic rings. The Balaban J connectivity index is 2.12. The Morgan fingerprint density at radius 2 is 2.21 bits per heavy atom. The summed E-state index contributed by atoms with van der Waals surface area (Å²) in [6, 6.07) is 3.31. The maximum Gasteiger partial charge on any atom is 0.201 e. The summed E-state index contributed by atoms with van der Waals surface area (Å²) in [6.45, 7) is 2.25. The van der Waals surface area contributed by atoms with E-state index in [0.29, 0.717) is 23.4 Å². The van der Waals surface area contributed by atoms with Gasteiger partial charge in [0.15, 0.2) is 0 Å². The molecule has 1 fully saturated rings. The molecule has 1 heterocycles. The van der Waals surface area contributed by atoms with Gasteiger partial charge in [-0.2, -0.15) is 0 Å². The van der Waals surface area contributed by atoms with Crippen molar-refractivity contribution in [2.75, 3.05) is 5.73 Å². The second kappa shape index (κ2) is 4.67. The summed E-state index contributed by atoms with van der Waals surface area (Å²) in [7, 11) is 0. The smallest absolute Gasteiger partial charge is 0.201 e. The van der Waals surface area contributed by atoms with E-state index >= 15 is 0 Å². The maximum absolute atomic E-state index is 13.7. The van der Waals surface area contributed by atoms with Crippen LogP contribution in [0.2, 0.25) is 5.02 Å². The van der Waals surface area contributed by atoms with Gasteiger partial charge in [0.2, 0.25) is 5.95 Å². The van der Waals surface area contributed by atoms with Crippen molar-refractivity contribution in [2.45, 2.75) is 38.6 Å². The molecule has 0 amide bonds. The van der Waals surface area contributed by atoms with E-state index in [1.54, 1.807) is 6.07 Å².